The Morgan fingerprint density at radius 2 is 1.63 bits per heavy atom. The van der Waals surface area contributed by atoms with Gasteiger partial charge in [-0.2, -0.15) is 14.4 Å². The molecule has 5 rings (SSSR count). The van der Waals surface area contributed by atoms with Gasteiger partial charge in [0.1, 0.15) is 18.5 Å². The highest BCUT2D eigenvalue weighted by molar-refractivity contribution is 7.88. The zero-order valence-corrected chi connectivity index (χ0v) is 20.7. The van der Waals surface area contributed by atoms with Crippen LogP contribution in [0.25, 0.3) is 0 Å². The van der Waals surface area contributed by atoms with Crippen molar-refractivity contribution in [2.75, 3.05) is 50.5 Å². The number of halogens is 2. The average Bonchev–Trinajstić information content (AvgIpc) is 2.82. The zero-order valence-electron chi connectivity index (χ0n) is 19.1. The number of nitrogens with zero attached hydrogens (tertiary/aromatic N) is 6. The Morgan fingerprint density at radius 3 is 2.23 bits per heavy atom. The molecule has 0 aromatic carbocycles. The van der Waals surface area contributed by atoms with Crippen molar-refractivity contribution in [2.45, 2.75) is 25.0 Å². The molecular weight excluding hydrogens is 503 g/mol. The van der Waals surface area contributed by atoms with E-state index in [0.29, 0.717) is 63.2 Å². The number of fused-ring (bicyclic) bond motifs is 2. The first-order valence-corrected chi connectivity index (χ1v) is 13.6. The van der Waals surface area contributed by atoms with Crippen LogP contribution >= 0.6 is 11.6 Å². The first-order chi connectivity index (χ1) is 16.8. The Labute approximate surface area is 207 Å². The standard InChI is InChI=1S/C21H26ClFN6O5S/c1-35(30,31)29-4-2-16(3-5-29)33-19-17(23)20(27-12-26-19)34-18-13-8-28(9-14(18)11-32-10-13)21-24-6-15(22)7-25-21/h6-7,12-14,16,18H,2-5,8-11H2,1H3. The number of hydrogen-bond donors (Lipinski definition) is 0. The van der Waals surface area contributed by atoms with Crippen LogP contribution in [-0.2, 0) is 14.8 Å². The van der Waals surface area contributed by atoms with Gasteiger partial charge in [0.25, 0.3) is 11.8 Å². The molecule has 2 bridgehead atoms. The van der Waals surface area contributed by atoms with Crippen molar-refractivity contribution in [1.29, 1.82) is 0 Å². The Hall–Kier alpha value is -2.35. The van der Waals surface area contributed by atoms with E-state index in [9.17, 15) is 8.42 Å². The summed E-state index contributed by atoms with van der Waals surface area (Å²) in [4.78, 5) is 18.6. The number of anilines is 1. The van der Waals surface area contributed by atoms with Crippen LogP contribution < -0.4 is 14.4 Å². The largest absolute Gasteiger partial charge is 0.472 e. The van der Waals surface area contributed by atoms with Crippen molar-refractivity contribution < 1.29 is 27.0 Å². The van der Waals surface area contributed by atoms with E-state index in [4.69, 9.17) is 25.8 Å². The Balaban J connectivity index is 1.25. The molecule has 2 atom stereocenters. The van der Waals surface area contributed by atoms with Gasteiger partial charge in [0.05, 0.1) is 36.9 Å². The molecule has 0 radical (unpaired) electrons. The molecule has 14 heteroatoms. The van der Waals surface area contributed by atoms with Gasteiger partial charge >= 0.3 is 0 Å². The summed E-state index contributed by atoms with van der Waals surface area (Å²) >= 11 is 5.91. The van der Waals surface area contributed by atoms with Crippen LogP contribution in [0.15, 0.2) is 18.7 Å². The number of ether oxygens (including phenoxy) is 3. The summed E-state index contributed by atoms with van der Waals surface area (Å²) in [6.45, 7) is 2.72. The monoisotopic (exact) mass is 528 g/mol. The van der Waals surface area contributed by atoms with Crippen LogP contribution in [0.5, 0.6) is 11.8 Å². The van der Waals surface area contributed by atoms with Gasteiger partial charge in [-0.1, -0.05) is 11.6 Å². The van der Waals surface area contributed by atoms with Crippen molar-refractivity contribution in [3.8, 4) is 11.8 Å². The molecule has 11 nitrogen and oxygen atoms in total. The van der Waals surface area contributed by atoms with Crippen molar-refractivity contribution in [3.05, 3.63) is 29.6 Å². The highest BCUT2D eigenvalue weighted by atomic mass is 35.5. The number of hydrogen-bond acceptors (Lipinski definition) is 10. The number of piperidine rings is 2. The lowest BCUT2D eigenvalue weighted by Gasteiger charge is -2.46. The van der Waals surface area contributed by atoms with E-state index in [-0.39, 0.29) is 35.8 Å². The van der Waals surface area contributed by atoms with Crippen molar-refractivity contribution in [1.82, 2.24) is 24.2 Å². The van der Waals surface area contributed by atoms with Crippen molar-refractivity contribution >= 4 is 27.6 Å². The average molecular weight is 529 g/mol. The molecule has 0 saturated carbocycles. The lowest BCUT2D eigenvalue weighted by Crippen LogP contribution is -2.58. The normalized spacial score (nSPS) is 25.9. The highest BCUT2D eigenvalue weighted by Gasteiger charge is 2.43. The predicted molar refractivity (Wildman–Crippen MR) is 124 cm³/mol. The fraction of sp³-hybridized carbons (Fsp3) is 0.619. The number of rotatable bonds is 6. The van der Waals surface area contributed by atoms with Crippen LogP contribution in [0.2, 0.25) is 5.02 Å². The SMILES string of the molecule is CS(=O)(=O)N1CCC(Oc2ncnc(OC3C4COCC3CN(c3ncc(Cl)cn3)C4)c2F)CC1. The fourth-order valence-corrected chi connectivity index (χ4v) is 5.77. The molecule has 0 N–H and O–H groups in total. The van der Waals surface area contributed by atoms with Crippen LogP contribution in [0, 0.1) is 17.7 Å². The molecule has 3 saturated heterocycles. The first kappa shape index (κ1) is 24.3. The Bertz CT molecular complexity index is 1140. The molecule has 0 aliphatic carbocycles. The summed E-state index contributed by atoms with van der Waals surface area (Å²) in [7, 11) is -3.25. The first-order valence-electron chi connectivity index (χ1n) is 11.4. The van der Waals surface area contributed by atoms with E-state index in [2.05, 4.69) is 24.8 Å². The summed E-state index contributed by atoms with van der Waals surface area (Å²) in [6.07, 6.45) is 5.74. The Morgan fingerprint density at radius 1 is 1.03 bits per heavy atom. The molecule has 3 aliphatic heterocycles. The van der Waals surface area contributed by atoms with Gasteiger partial charge in [-0.15, -0.1) is 0 Å². The van der Waals surface area contributed by atoms with Gasteiger partial charge < -0.3 is 19.1 Å². The minimum Gasteiger partial charge on any atom is -0.472 e. The minimum absolute atomic E-state index is 0.0409. The van der Waals surface area contributed by atoms with Gasteiger partial charge in [-0.25, -0.2) is 22.7 Å². The van der Waals surface area contributed by atoms with E-state index in [1.807, 2.05) is 0 Å². The fourth-order valence-electron chi connectivity index (χ4n) is 4.80. The second-order valence-electron chi connectivity index (χ2n) is 9.02. The van der Waals surface area contributed by atoms with Gasteiger partial charge in [0, 0.05) is 38.0 Å². The third-order valence-corrected chi connectivity index (χ3v) is 8.01. The second kappa shape index (κ2) is 9.96. The summed E-state index contributed by atoms with van der Waals surface area (Å²) in [5.74, 6) is -0.624. The summed E-state index contributed by atoms with van der Waals surface area (Å²) in [5, 5.41) is 0.466. The Kier molecular flexibility index (Phi) is 6.93. The lowest BCUT2D eigenvalue weighted by molar-refractivity contribution is -0.0783. The lowest BCUT2D eigenvalue weighted by atomic mass is 9.84. The van der Waals surface area contributed by atoms with Crippen LogP contribution in [0.1, 0.15) is 12.8 Å². The summed E-state index contributed by atoms with van der Waals surface area (Å²) in [6, 6.07) is 0. The van der Waals surface area contributed by atoms with E-state index < -0.39 is 15.8 Å². The topological polar surface area (TPSA) is 120 Å². The molecule has 0 spiro atoms. The van der Waals surface area contributed by atoms with Gasteiger partial charge in [0.2, 0.25) is 21.8 Å². The molecular formula is C21H26ClFN6O5S. The molecule has 2 unspecified atom stereocenters. The predicted octanol–water partition coefficient (Wildman–Crippen LogP) is 1.39. The number of aromatic nitrogens is 4. The second-order valence-corrected chi connectivity index (χ2v) is 11.4. The van der Waals surface area contributed by atoms with Crippen molar-refractivity contribution in [2.24, 2.45) is 11.8 Å². The molecule has 3 aliphatic rings. The highest BCUT2D eigenvalue weighted by Crippen LogP contribution is 2.34. The van der Waals surface area contributed by atoms with Gasteiger partial charge in [-0.05, 0) is 12.8 Å². The quantitative estimate of drug-likeness (QED) is 0.544. The van der Waals surface area contributed by atoms with E-state index in [0.717, 1.165) is 0 Å². The van der Waals surface area contributed by atoms with Gasteiger partial charge in [-0.3, -0.25) is 0 Å². The zero-order chi connectivity index (χ0) is 24.6. The maximum atomic E-state index is 15.2. The molecule has 2 aromatic heterocycles. The summed E-state index contributed by atoms with van der Waals surface area (Å²) < 4.78 is 57.6. The molecule has 2 aromatic rings. The van der Waals surface area contributed by atoms with Gasteiger partial charge in [0.15, 0.2) is 0 Å². The molecule has 190 valence electrons. The maximum absolute atomic E-state index is 15.2. The van der Waals surface area contributed by atoms with Crippen LogP contribution in [-0.4, -0.2) is 90.5 Å². The molecule has 5 heterocycles. The van der Waals surface area contributed by atoms with E-state index in [1.54, 1.807) is 12.4 Å². The smallest absolute Gasteiger partial charge is 0.257 e. The third-order valence-electron chi connectivity index (χ3n) is 6.51. The molecule has 3 fully saturated rings. The van der Waals surface area contributed by atoms with Crippen LogP contribution in [0.3, 0.4) is 0 Å². The van der Waals surface area contributed by atoms with Crippen molar-refractivity contribution in [3.63, 3.8) is 0 Å². The molecule has 35 heavy (non-hydrogen) atoms. The number of sulfonamides is 1. The maximum Gasteiger partial charge on any atom is 0.257 e. The molecule has 0 amide bonds. The van der Waals surface area contributed by atoms with E-state index >= 15 is 4.39 Å². The van der Waals surface area contributed by atoms with E-state index in [1.165, 1.54) is 16.9 Å². The third kappa shape index (κ3) is 5.42. The summed E-state index contributed by atoms with van der Waals surface area (Å²) in [5.41, 5.74) is 0. The minimum atomic E-state index is -3.25. The van der Waals surface area contributed by atoms with Crippen LogP contribution in [0.4, 0.5) is 10.3 Å².